The van der Waals surface area contributed by atoms with Gasteiger partial charge in [-0.1, -0.05) is 15.9 Å². The smallest absolute Gasteiger partial charge is 0.125 e. The van der Waals surface area contributed by atoms with E-state index in [1.54, 1.807) is 6.07 Å². The van der Waals surface area contributed by atoms with Crippen LogP contribution in [-0.2, 0) is 0 Å². The standard InChI is InChI=1S/C14H21BrFNO/c1-9(2)17(5)14(15)12-8-11(16)6-7-13(12)18-10(3)4/h6-10,14H,1-5H3. The van der Waals surface area contributed by atoms with Crippen molar-refractivity contribution in [2.75, 3.05) is 7.05 Å². The van der Waals surface area contributed by atoms with Gasteiger partial charge in [0, 0.05) is 11.6 Å². The Bertz CT molecular complexity index is 395. The molecule has 0 aliphatic heterocycles. The van der Waals surface area contributed by atoms with Crippen molar-refractivity contribution in [2.24, 2.45) is 0 Å². The third-order valence-electron chi connectivity index (χ3n) is 2.76. The van der Waals surface area contributed by atoms with E-state index >= 15 is 0 Å². The second-order valence-electron chi connectivity index (χ2n) is 4.94. The Balaban J connectivity index is 3.08. The van der Waals surface area contributed by atoms with E-state index in [-0.39, 0.29) is 16.9 Å². The Morgan fingerprint density at radius 3 is 2.33 bits per heavy atom. The summed E-state index contributed by atoms with van der Waals surface area (Å²) in [6.07, 6.45) is 0.0678. The van der Waals surface area contributed by atoms with Gasteiger partial charge in [-0.25, -0.2) is 4.39 Å². The summed E-state index contributed by atoms with van der Waals surface area (Å²) in [7, 11) is 1.99. The number of nitrogens with zero attached hydrogens (tertiary/aromatic N) is 1. The molecule has 1 aromatic carbocycles. The quantitative estimate of drug-likeness (QED) is 0.591. The van der Waals surface area contributed by atoms with Crippen molar-refractivity contribution in [2.45, 2.75) is 44.8 Å². The molecule has 0 bridgehead atoms. The third-order valence-corrected chi connectivity index (χ3v) is 3.90. The average molecular weight is 318 g/mol. The van der Waals surface area contributed by atoms with Crippen molar-refractivity contribution in [1.29, 1.82) is 0 Å². The summed E-state index contributed by atoms with van der Waals surface area (Å²) in [6.45, 7) is 8.11. The van der Waals surface area contributed by atoms with Gasteiger partial charge in [-0.3, -0.25) is 4.90 Å². The largest absolute Gasteiger partial charge is 0.491 e. The fraction of sp³-hybridized carbons (Fsp3) is 0.571. The highest BCUT2D eigenvalue weighted by atomic mass is 79.9. The van der Waals surface area contributed by atoms with Gasteiger partial charge in [-0.15, -0.1) is 0 Å². The Kier molecular flexibility index (Phi) is 5.60. The molecule has 0 amide bonds. The van der Waals surface area contributed by atoms with Gasteiger partial charge in [0.2, 0.25) is 0 Å². The monoisotopic (exact) mass is 317 g/mol. The van der Waals surface area contributed by atoms with Gasteiger partial charge >= 0.3 is 0 Å². The zero-order valence-corrected chi connectivity index (χ0v) is 13.2. The minimum absolute atomic E-state index is 0.0676. The van der Waals surface area contributed by atoms with E-state index < -0.39 is 0 Å². The Hall–Kier alpha value is -0.610. The molecule has 2 nitrogen and oxygen atoms in total. The summed E-state index contributed by atoms with van der Waals surface area (Å²) in [5.74, 6) is 0.475. The van der Waals surface area contributed by atoms with E-state index in [2.05, 4.69) is 34.7 Å². The molecule has 18 heavy (non-hydrogen) atoms. The molecule has 0 saturated heterocycles. The molecular formula is C14H21BrFNO. The predicted octanol–water partition coefficient (Wildman–Crippen LogP) is 4.35. The van der Waals surface area contributed by atoms with Crippen LogP contribution in [0, 0.1) is 5.82 Å². The summed E-state index contributed by atoms with van der Waals surface area (Å²) in [4.78, 5) is 2.05. The van der Waals surface area contributed by atoms with Gasteiger partial charge in [-0.05, 0) is 52.9 Å². The van der Waals surface area contributed by atoms with Crippen molar-refractivity contribution in [3.05, 3.63) is 29.6 Å². The fourth-order valence-corrected chi connectivity index (χ4v) is 2.38. The zero-order chi connectivity index (χ0) is 13.9. The van der Waals surface area contributed by atoms with Gasteiger partial charge in [0.15, 0.2) is 0 Å². The number of halogens is 2. The molecule has 1 unspecified atom stereocenters. The van der Waals surface area contributed by atoms with Crippen LogP contribution in [0.5, 0.6) is 5.75 Å². The topological polar surface area (TPSA) is 12.5 Å². The summed E-state index contributed by atoms with van der Waals surface area (Å²) in [6, 6.07) is 4.99. The SMILES string of the molecule is CC(C)Oc1ccc(F)cc1C(Br)N(C)C(C)C. The molecule has 0 aliphatic carbocycles. The first kappa shape index (κ1) is 15.4. The maximum Gasteiger partial charge on any atom is 0.125 e. The van der Waals surface area contributed by atoms with E-state index in [1.165, 1.54) is 12.1 Å². The van der Waals surface area contributed by atoms with Crippen molar-refractivity contribution < 1.29 is 9.13 Å². The van der Waals surface area contributed by atoms with Gasteiger partial charge in [0.25, 0.3) is 0 Å². The van der Waals surface area contributed by atoms with E-state index in [4.69, 9.17) is 4.74 Å². The normalized spacial score (nSPS) is 13.4. The molecule has 1 atom stereocenters. The van der Waals surface area contributed by atoms with Crippen LogP contribution < -0.4 is 4.74 Å². The molecule has 0 saturated carbocycles. The van der Waals surface area contributed by atoms with E-state index in [0.717, 1.165) is 11.3 Å². The number of hydrogen-bond donors (Lipinski definition) is 0. The first-order chi connectivity index (χ1) is 8.32. The molecular weight excluding hydrogens is 297 g/mol. The number of ether oxygens (including phenoxy) is 1. The second-order valence-corrected chi connectivity index (χ2v) is 5.81. The highest BCUT2D eigenvalue weighted by molar-refractivity contribution is 9.09. The van der Waals surface area contributed by atoms with Crippen molar-refractivity contribution in [3.63, 3.8) is 0 Å². The summed E-state index contributed by atoms with van der Waals surface area (Å²) in [5.41, 5.74) is 0.819. The molecule has 1 aromatic rings. The Morgan fingerprint density at radius 2 is 1.83 bits per heavy atom. The zero-order valence-electron chi connectivity index (χ0n) is 11.6. The molecule has 0 N–H and O–H groups in total. The van der Waals surface area contributed by atoms with Crippen LogP contribution in [0.25, 0.3) is 0 Å². The predicted molar refractivity (Wildman–Crippen MR) is 76.7 cm³/mol. The molecule has 0 heterocycles. The highest BCUT2D eigenvalue weighted by Crippen LogP contribution is 2.35. The molecule has 1 rings (SSSR count). The number of hydrogen-bond acceptors (Lipinski definition) is 2. The van der Waals surface area contributed by atoms with Crippen LogP contribution in [0.4, 0.5) is 4.39 Å². The van der Waals surface area contributed by atoms with Crippen LogP contribution in [-0.4, -0.2) is 24.1 Å². The number of benzene rings is 1. The van der Waals surface area contributed by atoms with E-state index in [0.29, 0.717) is 6.04 Å². The van der Waals surface area contributed by atoms with Crippen molar-refractivity contribution in [1.82, 2.24) is 4.90 Å². The minimum atomic E-state index is -0.247. The Labute approximate surface area is 117 Å². The van der Waals surface area contributed by atoms with Crippen molar-refractivity contribution >= 4 is 15.9 Å². The lowest BCUT2D eigenvalue weighted by Crippen LogP contribution is -2.28. The third kappa shape index (κ3) is 3.95. The molecule has 0 radical (unpaired) electrons. The number of alkyl halides is 1. The highest BCUT2D eigenvalue weighted by Gasteiger charge is 2.21. The van der Waals surface area contributed by atoms with E-state index in [1.807, 2.05) is 20.9 Å². The maximum atomic E-state index is 13.4. The maximum absolute atomic E-state index is 13.4. The minimum Gasteiger partial charge on any atom is -0.491 e. The van der Waals surface area contributed by atoms with Gasteiger partial charge in [0.1, 0.15) is 11.6 Å². The molecule has 4 heteroatoms. The Morgan fingerprint density at radius 1 is 1.22 bits per heavy atom. The fourth-order valence-electron chi connectivity index (χ4n) is 1.55. The van der Waals surface area contributed by atoms with Crippen molar-refractivity contribution in [3.8, 4) is 5.75 Å². The molecule has 0 spiro atoms. The van der Waals surface area contributed by atoms with Crippen LogP contribution in [0.2, 0.25) is 0 Å². The number of rotatable bonds is 5. The van der Waals surface area contributed by atoms with Gasteiger partial charge in [0.05, 0.1) is 11.1 Å². The lowest BCUT2D eigenvalue weighted by molar-refractivity contribution is 0.225. The molecule has 102 valence electrons. The summed E-state index contributed by atoms with van der Waals surface area (Å²) < 4.78 is 19.1. The second kappa shape index (κ2) is 6.53. The van der Waals surface area contributed by atoms with Crippen LogP contribution in [0.1, 0.15) is 38.2 Å². The van der Waals surface area contributed by atoms with Crippen LogP contribution >= 0.6 is 15.9 Å². The van der Waals surface area contributed by atoms with Crippen LogP contribution in [0.15, 0.2) is 18.2 Å². The first-order valence-corrected chi connectivity index (χ1v) is 7.06. The molecule has 0 fully saturated rings. The average Bonchev–Trinajstić information content (AvgIpc) is 2.28. The van der Waals surface area contributed by atoms with E-state index in [9.17, 15) is 4.39 Å². The summed E-state index contributed by atoms with van der Waals surface area (Å²) in [5, 5.41) is 0. The van der Waals surface area contributed by atoms with Crippen LogP contribution in [0.3, 0.4) is 0 Å². The summed E-state index contributed by atoms with van der Waals surface area (Å²) >= 11 is 3.61. The molecule has 0 aliphatic rings. The lowest BCUT2D eigenvalue weighted by atomic mass is 10.1. The van der Waals surface area contributed by atoms with Gasteiger partial charge < -0.3 is 4.74 Å². The molecule has 0 aromatic heterocycles. The first-order valence-electron chi connectivity index (χ1n) is 6.15. The van der Waals surface area contributed by atoms with Gasteiger partial charge in [-0.2, -0.15) is 0 Å². The lowest BCUT2D eigenvalue weighted by Gasteiger charge is -2.28.